The highest BCUT2D eigenvalue weighted by Crippen LogP contribution is 2.34. The van der Waals surface area contributed by atoms with Crippen LogP contribution in [0.15, 0.2) is 59.4 Å². The Hall–Kier alpha value is -3.87. The lowest BCUT2D eigenvalue weighted by molar-refractivity contribution is -0.132. The van der Waals surface area contributed by atoms with Crippen LogP contribution in [0.3, 0.4) is 0 Å². The predicted octanol–water partition coefficient (Wildman–Crippen LogP) is 5.95. The molecule has 0 saturated carbocycles. The van der Waals surface area contributed by atoms with Crippen LogP contribution in [0, 0.1) is 0 Å². The average molecular weight is 491 g/mol. The van der Waals surface area contributed by atoms with Gasteiger partial charge >= 0.3 is 5.97 Å². The molecule has 7 heteroatoms. The van der Waals surface area contributed by atoms with Gasteiger partial charge in [0.25, 0.3) is 5.56 Å². The molecule has 0 aliphatic rings. The molecule has 0 atom stereocenters. The maximum absolute atomic E-state index is 13.4. The molecule has 0 aliphatic heterocycles. The number of benzene rings is 2. The van der Waals surface area contributed by atoms with E-state index in [0.717, 1.165) is 24.8 Å². The smallest absolute Gasteiger partial charge is 0.308 e. The maximum Gasteiger partial charge on any atom is 0.308 e. The summed E-state index contributed by atoms with van der Waals surface area (Å²) in [6.45, 7) is 3.89. The molecule has 1 N–H and O–H groups in total. The Kier molecular flexibility index (Phi) is 9.86. The minimum atomic E-state index is -0.593. The van der Waals surface area contributed by atoms with Crippen molar-refractivity contribution in [3.05, 3.63) is 70.5 Å². The summed E-state index contributed by atoms with van der Waals surface area (Å²) in [6, 6.07) is 14.8. The number of pyridine rings is 1. The van der Waals surface area contributed by atoms with E-state index in [1.165, 1.54) is 39.4 Å². The highest BCUT2D eigenvalue weighted by Gasteiger charge is 2.21. The van der Waals surface area contributed by atoms with Gasteiger partial charge in [0.1, 0.15) is 0 Å². The largest absolute Gasteiger partial charge is 0.492 e. The van der Waals surface area contributed by atoms with Gasteiger partial charge in [0, 0.05) is 30.6 Å². The van der Waals surface area contributed by atoms with Crippen LogP contribution in [0.25, 0.3) is 17.0 Å². The van der Waals surface area contributed by atoms with Crippen molar-refractivity contribution in [2.75, 3.05) is 12.4 Å². The van der Waals surface area contributed by atoms with Gasteiger partial charge in [-0.05, 0) is 36.3 Å². The van der Waals surface area contributed by atoms with Crippen molar-refractivity contribution >= 4 is 34.5 Å². The van der Waals surface area contributed by atoms with Crippen LogP contribution < -0.4 is 20.3 Å². The molecule has 3 rings (SSSR count). The summed E-state index contributed by atoms with van der Waals surface area (Å²) in [5.41, 5.74) is 1.63. The van der Waals surface area contributed by atoms with E-state index in [2.05, 4.69) is 12.2 Å². The number of rotatable bonds is 12. The number of nitrogens with one attached hydrogen (secondary N) is 1. The zero-order chi connectivity index (χ0) is 25.9. The van der Waals surface area contributed by atoms with E-state index in [1.54, 1.807) is 28.8 Å². The molecule has 0 radical (unpaired) electrons. The first-order chi connectivity index (χ1) is 17.4. The fourth-order valence-electron chi connectivity index (χ4n) is 4.10. The minimum absolute atomic E-state index is 0.119. The average Bonchev–Trinajstić information content (AvgIpc) is 2.87. The van der Waals surface area contributed by atoms with Gasteiger partial charge in [-0.25, -0.2) is 0 Å². The van der Waals surface area contributed by atoms with Crippen LogP contribution in [0.4, 0.5) is 5.69 Å². The van der Waals surface area contributed by atoms with E-state index in [4.69, 9.17) is 9.47 Å². The molecule has 2 aromatic carbocycles. The van der Waals surface area contributed by atoms with E-state index in [9.17, 15) is 14.4 Å². The SMILES string of the molecule is CCCCCCCCn1c(=O)c(OC(C)=O)c(OC)c2ccc(NC(=O)/C=C/c3ccccc3)cc21. The predicted molar refractivity (Wildman–Crippen MR) is 144 cm³/mol. The summed E-state index contributed by atoms with van der Waals surface area (Å²) in [5.74, 6) is -0.797. The normalized spacial score (nSPS) is 11.1. The summed E-state index contributed by atoms with van der Waals surface area (Å²) in [6.07, 6.45) is 9.63. The molecule has 0 aliphatic carbocycles. The fraction of sp³-hybridized carbons (Fsp3) is 0.345. The molecule has 190 valence electrons. The summed E-state index contributed by atoms with van der Waals surface area (Å²) in [5, 5.41) is 3.48. The van der Waals surface area contributed by atoms with Gasteiger partial charge in [-0.3, -0.25) is 14.4 Å². The number of hydrogen-bond acceptors (Lipinski definition) is 5. The summed E-state index contributed by atoms with van der Waals surface area (Å²) in [4.78, 5) is 37.6. The minimum Gasteiger partial charge on any atom is -0.492 e. The number of ether oxygens (including phenoxy) is 2. The van der Waals surface area contributed by atoms with Gasteiger partial charge in [0.2, 0.25) is 11.7 Å². The topological polar surface area (TPSA) is 86.6 Å². The highest BCUT2D eigenvalue weighted by molar-refractivity contribution is 6.03. The quantitative estimate of drug-likeness (QED) is 0.193. The van der Waals surface area contributed by atoms with Crippen molar-refractivity contribution < 1.29 is 19.1 Å². The van der Waals surface area contributed by atoms with Crippen molar-refractivity contribution in [3.8, 4) is 11.5 Å². The van der Waals surface area contributed by atoms with Gasteiger partial charge in [-0.2, -0.15) is 0 Å². The lowest BCUT2D eigenvalue weighted by atomic mass is 10.1. The molecule has 36 heavy (non-hydrogen) atoms. The van der Waals surface area contributed by atoms with Crippen LogP contribution in [-0.2, 0) is 16.1 Å². The monoisotopic (exact) mass is 490 g/mol. The number of carbonyl (C=O) groups excluding carboxylic acids is 2. The first-order valence-corrected chi connectivity index (χ1v) is 12.4. The number of unbranched alkanes of at least 4 members (excludes halogenated alkanes) is 5. The molecule has 0 bridgehead atoms. The summed E-state index contributed by atoms with van der Waals surface area (Å²) >= 11 is 0. The zero-order valence-corrected chi connectivity index (χ0v) is 21.2. The molecular weight excluding hydrogens is 456 g/mol. The number of methoxy groups -OCH3 is 1. The van der Waals surface area contributed by atoms with Gasteiger partial charge < -0.3 is 19.4 Å². The number of amides is 1. The Morgan fingerprint density at radius 2 is 1.69 bits per heavy atom. The fourth-order valence-corrected chi connectivity index (χ4v) is 4.10. The van der Waals surface area contributed by atoms with Crippen molar-refractivity contribution in [1.82, 2.24) is 4.57 Å². The van der Waals surface area contributed by atoms with Gasteiger partial charge in [0.05, 0.1) is 12.6 Å². The third-order valence-electron chi connectivity index (χ3n) is 5.86. The number of nitrogens with zero attached hydrogens (tertiary/aromatic N) is 1. The second kappa shape index (κ2) is 13.3. The van der Waals surface area contributed by atoms with Crippen molar-refractivity contribution in [2.45, 2.75) is 58.9 Å². The number of aryl methyl sites for hydroxylation is 1. The lowest BCUT2D eigenvalue weighted by Gasteiger charge is -2.17. The standard InChI is InChI=1S/C29H34N2O5/c1-4-5-6-7-8-12-19-31-25-20-23(30-26(33)18-15-22-13-10-9-11-14-22)16-17-24(25)27(35-3)28(29(31)34)36-21(2)32/h9-11,13-18,20H,4-8,12,19H2,1-3H3,(H,30,33)/b18-15+. The number of hydrogen-bond donors (Lipinski definition) is 1. The van der Waals surface area contributed by atoms with Crippen LogP contribution in [-0.4, -0.2) is 23.6 Å². The Balaban J connectivity index is 1.93. The first kappa shape index (κ1) is 26.7. The number of esters is 1. The van der Waals surface area contributed by atoms with E-state index in [1.807, 2.05) is 30.3 Å². The lowest BCUT2D eigenvalue weighted by Crippen LogP contribution is -2.25. The Labute approximate surface area is 211 Å². The van der Waals surface area contributed by atoms with E-state index >= 15 is 0 Å². The Morgan fingerprint density at radius 3 is 2.39 bits per heavy atom. The summed E-state index contributed by atoms with van der Waals surface area (Å²) < 4.78 is 12.4. The Bertz CT molecular complexity index is 1280. The number of aromatic nitrogens is 1. The molecule has 0 saturated heterocycles. The highest BCUT2D eigenvalue weighted by atomic mass is 16.6. The number of anilines is 1. The number of fused-ring (bicyclic) bond motifs is 1. The summed E-state index contributed by atoms with van der Waals surface area (Å²) in [7, 11) is 1.43. The maximum atomic E-state index is 13.4. The van der Waals surface area contributed by atoms with Crippen LogP contribution in [0.2, 0.25) is 0 Å². The second-order valence-electron chi connectivity index (χ2n) is 8.65. The Morgan fingerprint density at radius 1 is 0.972 bits per heavy atom. The molecule has 3 aromatic rings. The zero-order valence-electron chi connectivity index (χ0n) is 21.2. The third-order valence-corrected chi connectivity index (χ3v) is 5.86. The van der Waals surface area contributed by atoms with Gasteiger partial charge in [0.15, 0.2) is 5.75 Å². The molecule has 1 amide bonds. The molecule has 1 heterocycles. The third kappa shape index (κ3) is 7.07. The molecule has 7 nitrogen and oxygen atoms in total. The first-order valence-electron chi connectivity index (χ1n) is 12.4. The molecule has 1 aromatic heterocycles. The van der Waals surface area contributed by atoms with E-state index < -0.39 is 11.5 Å². The molecule has 0 fully saturated rings. The van der Waals surface area contributed by atoms with Crippen LogP contribution >= 0.6 is 0 Å². The van der Waals surface area contributed by atoms with Gasteiger partial charge in [-0.1, -0.05) is 69.4 Å². The number of carbonyl (C=O) groups is 2. The van der Waals surface area contributed by atoms with E-state index in [0.29, 0.717) is 23.1 Å². The molecule has 0 spiro atoms. The van der Waals surface area contributed by atoms with E-state index in [-0.39, 0.29) is 17.4 Å². The van der Waals surface area contributed by atoms with Crippen molar-refractivity contribution in [2.24, 2.45) is 0 Å². The molecular formula is C29H34N2O5. The van der Waals surface area contributed by atoms with Crippen molar-refractivity contribution in [3.63, 3.8) is 0 Å². The van der Waals surface area contributed by atoms with Gasteiger partial charge in [-0.15, -0.1) is 0 Å². The van der Waals surface area contributed by atoms with Crippen LogP contribution in [0.1, 0.15) is 57.9 Å². The van der Waals surface area contributed by atoms with Crippen molar-refractivity contribution in [1.29, 1.82) is 0 Å². The second-order valence-corrected chi connectivity index (χ2v) is 8.65. The molecule has 0 unspecified atom stereocenters. The van der Waals surface area contributed by atoms with Crippen LogP contribution in [0.5, 0.6) is 11.5 Å².